The highest BCUT2D eigenvalue weighted by Crippen LogP contribution is 2.36. The van der Waals surface area contributed by atoms with Gasteiger partial charge in [-0.05, 0) is 43.3 Å². The summed E-state index contributed by atoms with van der Waals surface area (Å²) in [6.45, 7) is 1.42. The fourth-order valence-corrected chi connectivity index (χ4v) is 3.34. The molecule has 0 atom stereocenters. The van der Waals surface area contributed by atoms with Gasteiger partial charge >= 0.3 is 6.18 Å². The summed E-state index contributed by atoms with van der Waals surface area (Å²) in [5.41, 5.74) is -0.932. The van der Waals surface area contributed by atoms with Crippen molar-refractivity contribution in [3.05, 3.63) is 68.6 Å². The fourth-order valence-electron chi connectivity index (χ4n) is 2.24. The van der Waals surface area contributed by atoms with E-state index < -0.39 is 22.7 Å². The lowest BCUT2D eigenvalue weighted by Gasteiger charge is -2.12. The van der Waals surface area contributed by atoms with Gasteiger partial charge in [-0.1, -0.05) is 28.1 Å². The summed E-state index contributed by atoms with van der Waals surface area (Å²) in [6, 6.07) is 13.5. The third kappa shape index (κ3) is 4.67. The molecule has 1 amide bonds. The van der Waals surface area contributed by atoms with Crippen LogP contribution in [-0.4, -0.2) is 10.9 Å². The smallest absolute Gasteiger partial charge is 0.435 e. The maximum absolute atomic E-state index is 13.1. The molecule has 9 heteroatoms. The van der Waals surface area contributed by atoms with Crippen LogP contribution in [0.4, 0.5) is 18.9 Å². The maximum Gasteiger partial charge on any atom is 0.435 e. The van der Waals surface area contributed by atoms with Gasteiger partial charge in [0.2, 0.25) is 0 Å². The number of hydrogen-bond donors (Lipinski definition) is 1. The normalized spacial score (nSPS) is 11.3. The van der Waals surface area contributed by atoms with E-state index in [1.165, 1.54) is 6.92 Å². The molecule has 0 unspecified atom stereocenters. The van der Waals surface area contributed by atoms with E-state index in [0.717, 1.165) is 4.47 Å². The molecule has 2 aromatic carbocycles. The molecule has 0 bridgehead atoms. The number of aryl methyl sites for hydroxylation is 1. The second kappa shape index (κ2) is 7.69. The van der Waals surface area contributed by atoms with E-state index in [-0.39, 0.29) is 10.7 Å². The number of thiazole rings is 1. The van der Waals surface area contributed by atoms with Crippen LogP contribution in [-0.2, 0) is 6.18 Å². The van der Waals surface area contributed by atoms with Crippen molar-refractivity contribution in [2.75, 3.05) is 5.32 Å². The Morgan fingerprint density at radius 1 is 1.15 bits per heavy atom. The minimum Gasteiger partial charge on any atom is -0.455 e. The summed E-state index contributed by atoms with van der Waals surface area (Å²) in [6.07, 6.45) is -4.70. The van der Waals surface area contributed by atoms with Crippen LogP contribution in [0.5, 0.6) is 11.5 Å². The molecule has 0 spiro atoms. The topological polar surface area (TPSA) is 51.2 Å². The summed E-state index contributed by atoms with van der Waals surface area (Å²) in [4.78, 5) is 15.4. The molecule has 0 saturated heterocycles. The number of benzene rings is 2. The molecule has 0 aliphatic rings. The van der Waals surface area contributed by atoms with Crippen LogP contribution in [0.1, 0.15) is 20.4 Å². The molecule has 0 saturated carbocycles. The van der Waals surface area contributed by atoms with Gasteiger partial charge in [-0.3, -0.25) is 4.79 Å². The molecular weight excluding hydrogens is 445 g/mol. The van der Waals surface area contributed by atoms with Crippen molar-refractivity contribution < 1.29 is 22.7 Å². The molecule has 3 rings (SSSR count). The van der Waals surface area contributed by atoms with Crippen LogP contribution < -0.4 is 10.1 Å². The minimum atomic E-state index is -4.70. The summed E-state index contributed by atoms with van der Waals surface area (Å²) in [7, 11) is 0. The van der Waals surface area contributed by atoms with E-state index in [1.807, 2.05) is 0 Å². The van der Waals surface area contributed by atoms with Crippen LogP contribution in [0.3, 0.4) is 0 Å². The lowest BCUT2D eigenvalue weighted by atomic mass is 10.2. The van der Waals surface area contributed by atoms with Crippen molar-refractivity contribution in [3.8, 4) is 11.5 Å². The number of anilines is 1. The number of ether oxygens (including phenoxy) is 1. The molecule has 4 nitrogen and oxygen atoms in total. The van der Waals surface area contributed by atoms with Crippen LogP contribution in [0, 0.1) is 6.92 Å². The van der Waals surface area contributed by atoms with Crippen LogP contribution in [0.25, 0.3) is 0 Å². The molecule has 3 aromatic rings. The molecular formula is C18H12BrF3N2O2S. The summed E-state index contributed by atoms with van der Waals surface area (Å²) in [5.74, 6) is -0.0627. The number of aromatic nitrogens is 1. The number of hydrogen-bond acceptors (Lipinski definition) is 4. The molecule has 0 radical (unpaired) electrons. The van der Waals surface area contributed by atoms with Crippen molar-refractivity contribution in [1.29, 1.82) is 0 Å². The second-order valence-electron chi connectivity index (χ2n) is 5.41. The number of amides is 1. The van der Waals surface area contributed by atoms with E-state index >= 15 is 0 Å². The molecule has 0 aliphatic heterocycles. The predicted molar refractivity (Wildman–Crippen MR) is 100 cm³/mol. The third-order valence-corrected chi connectivity index (χ3v) is 4.88. The van der Waals surface area contributed by atoms with Gasteiger partial charge in [0, 0.05) is 4.47 Å². The molecule has 27 heavy (non-hydrogen) atoms. The molecule has 140 valence electrons. The first-order chi connectivity index (χ1) is 12.7. The number of halogens is 4. The SMILES string of the molecule is Cc1nc(C(F)(F)F)c(C(=O)Nc2ccccc2Oc2ccc(Br)cc2)s1. The van der Waals surface area contributed by atoms with Gasteiger partial charge in [0.15, 0.2) is 11.4 Å². The van der Waals surface area contributed by atoms with Gasteiger partial charge in [-0.2, -0.15) is 13.2 Å². The van der Waals surface area contributed by atoms with Crippen molar-refractivity contribution >= 4 is 38.9 Å². The van der Waals surface area contributed by atoms with Crippen molar-refractivity contribution in [2.24, 2.45) is 0 Å². The quantitative estimate of drug-likeness (QED) is 0.502. The highest BCUT2D eigenvalue weighted by atomic mass is 79.9. The number of para-hydroxylation sites is 2. The molecule has 0 fully saturated rings. The number of nitrogens with zero attached hydrogens (tertiary/aromatic N) is 1. The summed E-state index contributed by atoms with van der Waals surface area (Å²) in [5, 5.41) is 2.64. The van der Waals surface area contributed by atoms with Gasteiger partial charge in [0.05, 0.1) is 10.7 Å². The Labute approximate surface area is 165 Å². The van der Waals surface area contributed by atoms with E-state index in [4.69, 9.17) is 4.74 Å². The zero-order valence-corrected chi connectivity index (χ0v) is 16.2. The Morgan fingerprint density at radius 2 is 1.81 bits per heavy atom. The van der Waals surface area contributed by atoms with Gasteiger partial charge < -0.3 is 10.1 Å². The van der Waals surface area contributed by atoms with Crippen LogP contribution >= 0.6 is 27.3 Å². The Kier molecular flexibility index (Phi) is 5.52. The lowest BCUT2D eigenvalue weighted by molar-refractivity contribution is -0.141. The fraction of sp³-hybridized carbons (Fsp3) is 0.111. The van der Waals surface area contributed by atoms with E-state index in [2.05, 4.69) is 26.2 Å². The summed E-state index contributed by atoms with van der Waals surface area (Å²) >= 11 is 4.01. The standard InChI is InChI=1S/C18H12BrF3N2O2S/c1-10-23-16(18(20,21)22)15(27-10)17(25)24-13-4-2-3-5-14(13)26-12-8-6-11(19)7-9-12/h2-9H,1H3,(H,24,25). The van der Waals surface area contributed by atoms with Crippen molar-refractivity contribution in [3.63, 3.8) is 0 Å². The van der Waals surface area contributed by atoms with E-state index in [9.17, 15) is 18.0 Å². The Morgan fingerprint density at radius 3 is 2.48 bits per heavy atom. The summed E-state index contributed by atoms with van der Waals surface area (Å²) < 4.78 is 45.9. The molecule has 1 N–H and O–H groups in total. The first-order valence-electron chi connectivity index (χ1n) is 7.62. The lowest BCUT2D eigenvalue weighted by Crippen LogP contribution is -2.17. The number of rotatable bonds is 4. The second-order valence-corrected chi connectivity index (χ2v) is 7.53. The molecule has 0 aliphatic carbocycles. The van der Waals surface area contributed by atoms with Gasteiger partial charge in [0.25, 0.3) is 5.91 Å². The number of alkyl halides is 3. The zero-order valence-electron chi connectivity index (χ0n) is 13.8. The third-order valence-electron chi connectivity index (χ3n) is 3.39. The minimum absolute atomic E-state index is 0.159. The van der Waals surface area contributed by atoms with Gasteiger partial charge in [0.1, 0.15) is 10.6 Å². The first-order valence-corrected chi connectivity index (χ1v) is 9.23. The number of carbonyl (C=O) groups is 1. The van der Waals surface area contributed by atoms with Gasteiger partial charge in [-0.25, -0.2) is 4.98 Å². The Balaban J connectivity index is 1.86. The number of nitrogens with one attached hydrogen (secondary N) is 1. The predicted octanol–water partition coefficient (Wildman–Crippen LogP) is 6.28. The Bertz CT molecular complexity index is 971. The van der Waals surface area contributed by atoms with E-state index in [1.54, 1.807) is 48.5 Å². The maximum atomic E-state index is 13.1. The monoisotopic (exact) mass is 456 g/mol. The highest BCUT2D eigenvalue weighted by molar-refractivity contribution is 9.10. The van der Waals surface area contributed by atoms with Crippen molar-refractivity contribution in [2.45, 2.75) is 13.1 Å². The highest BCUT2D eigenvalue weighted by Gasteiger charge is 2.39. The van der Waals surface area contributed by atoms with Crippen LogP contribution in [0.15, 0.2) is 53.0 Å². The van der Waals surface area contributed by atoms with Gasteiger partial charge in [-0.15, -0.1) is 11.3 Å². The average Bonchev–Trinajstić information content (AvgIpc) is 3.01. The van der Waals surface area contributed by atoms with Crippen molar-refractivity contribution in [1.82, 2.24) is 4.98 Å². The average molecular weight is 457 g/mol. The largest absolute Gasteiger partial charge is 0.455 e. The van der Waals surface area contributed by atoms with E-state index in [0.29, 0.717) is 22.8 Å². The Hall–Kier alpha value is -2.39. The molecule has 1 aromatic heterocycles. The molecule has 1 heterocycles. The van der Waals surface area contributed by atoms with Crippen LogP contribution in [0.2, 0.25) is 0 Å². The zero-order chi connectivity index (χ0) is 19.6. The number of carbonyl (C=O) groups excluding carboxylic acids is 1. The first kappa shape index (κ1) is 19.4.